The summed E-state index contributed by atoms with van der Waals surface area (Å²) >= 11 is 1.09. The van der Waals surface area contributed by atoms with Gasteiger partial charge in [-0.25, -0.2) is 0 Å². The van der Waals surface area contributed by atoms with Gasteiger partial charge in [-0.1, -0.05) is 18.3 Å². The second-order valence-electron chi connectivity index (χ2n) is 3.82. The van der Waals surface area contributed by atoms with Crippen LogP contribution in [-0.4, -0.2) is 28.1 Å². The molecule has 0 fully saturated rings. The Bertz CT molecular complexity index is 299. The Morgan fingerprint density at radius 2 is 2.40 bits per heavy atom. The van der Waals surface area contributed by atoms with Crippen molar-refractivity contribution in [1.82, 2.24) is 14.9 Å². The molecule has 6 heteroatoms. The fourth-order valence-corrected chi connectivity index (χ4v) is 1.73. The smallest absolute Gasteiger partial charge is 0.264 e. The minimum absolute atomic E-state index is 0.0274. The number of hydrogen-bond acceptors (Lipinski definition) is 5. The first-order valence-corrected chi connectivity index (χ1v) is 5.69. The van der Waals surface area contributed by atoms with Crippen LogP contribution in [0, 0.1) is 5.92 Å². The molecule has 3 N–H and O–H groups in total. The number of carbonyl (C=O) groups is 1. The average Bonchev–Trinajstić information content (AvgIpc) is 2.68. The summed E-state index contributed by atoms with van der Waals surface area (Å²) in [4.78, 5) is 12.1. The molecule has 0 aliphatic carbocycles. The molecule has 1 aromatic heterocycles. The Morgan fingerprint density at radius 3 is 2.87 bits per heavy atom. The summed E-state index contributed by atoms with van der Waals surface area (Å²) in [6.45, 7) is 4.66. The first-order chi connectivity index (χ1) is 7.13. The van der Waals surface area contributed by atoms with Crippen molar-refractivity contribution >= 4 is 17.4 Å². The van der Waals surface area contributed by atoms with Crippen LogP contribution in [0.3, 0.4) is 0 Å². The molecule has 0 aliphatic heterocycles. The van der Waals surface area contributed by atoms with Crippen LogP contribution < -0.4 is 11.1 Å². The fraction of sp³-hybridized carbons (Fsp3) is 0.667. The van der Waals surface area contributed by atoms with Crippen LogP contribution in [0.1, 0.15) is 29.9 Å². The molecule has 0 saturated carbocycles. The predicted molar refractivity (Wildman–Crippen MR) is 59.7 cm³/mol. The Labute approximate surface area is 93.2 Å². The van der Waals surface area contributed by atoms with Gasteiger partial charge in [-0.2, -0.15) is 0 Å². The molecule has 84 valence electrons. The maximum atomic E-state index is 11.6. The number of rotatable bonds is 5. The first-order valence-electron chi connectivity index (χ1n) is 4.91. The largest absolute Gasteiger partial charge is 0.347 e. The van der Waals surface area contributed by atoms with Gasteiger partial charge in [0.2, 0.25) is 0 Å². The van der Waals surface area contributed by atoms with Crippen molar-refractivity contribution in [3.05, 3.63) is 11.1 Å². The molecule has 1 atom stereocenters. The van der Waals surface area contributed by atoms with E-state index >= 15 is 0 Å². The highest BCUT2D eigenvalue weighted by atomic mass is 32.1. The molecule has 5 nitrogen and oxygen atoms in total. The molecule has 0 radical (unpaired) electrons. The number of carbonyl (C=O) groups excluding carboxylic acids is 1. The van der Waals surface area contributed by atoms with Gasteiger partial charge < -0.3 is 11.1 Å². The Hall–Kier alpha value is -1.01. The zero-order valence-corrected chi connectivity index (χ0v) is 9.75. The van der Waals surface area contributed by atoms with Gasteiger partial charge in [0.25, 0.3) is 5.91 Å². The Kier molecular flexibility index (Phi) is 4.64. The second kappa shape index (κ2) is 5.77. The average molecular weight is 228 g/mol. The van der Waals surface area contributed by atoms with Crippen LogP contribution in [0.25, 0.3) is 0 Å². The van der Waals surface area contributed by atoms with Gasteiger partial charge in [-0.3, -0.25) is 4.79 Å². The molecule has 0 aliphatic rings. The van der Waals surface area contributed by atoms with Gasteiger partial charge in [0.15, 0.2) is 0 Å². The van der Waals surface area contributed by atoms with Crippen LogP contribution in [-0.2, 0) is 0 Å². The third-order valence-electron chi connectivity index (χ3n) is 1.96. The molecule has 1 amide bonds. The SMILES string of the molecule is CC(C)CC(CN)NC(=O)c1cnns1. The highest BCUT2D eigenvalue weighted by Crippen LogP contribution is 2.06. The summed E-state index contributed by atoms with van der Waals surface area (Å²) in [6.07, 6.45) is 2.34. The van der Waals surface area contributed by atoms with Crippen LogP contribution in [0.2, 0.25) is 0 Å². The van der Waals surface area contributed by atoms with Crippen molar-refractivity contribution in [2.75, 3.05) is 6.54 Å². The van der Waals surface area contributed by atoms with E-state index in [2.05, 4.69) is 28.8 Å². The zero-order valence-electron chi connectivity index (χ0n) is 8.93. The first kappa shape index (κ1) is 12.1. The van der Waals surface area contributed by atoms with Gasteiger partial charge >= 0.3 is 0 Å². The normalized spacial score (nSPS) is 12.8. The van der Waals surface area contributed by atoms with E-state index in [1.165, 1.54) is 6.20 Å². The molecular weight excluding hydrogens is 212 g/mol. The molecule has 0 bridgehead atoms. The third kappa shape index (κ3) is 3.93. The summed E-state index contributed by atoms with van der Waals surface area (Å²) in [5, 5.41) is 6.48. The second-order valence-corrected chi connectivity index (χ2v) is 4.60. The highest BCUT2D eigenvalue weighted by Gasteiger charge is 2.15. The summed E-state index contributed by atoms with van der Waals surface area (Å²) < 4.78 is 3.64. The van der Waals surface area contributed by atoms with E-state index in [0.29, 0.717) is 17.3 Å². The molecular formula is C9H16N4OS. The number of nitrogens with one attached hydrogen (secondary N) is 1. The molecule has 0 aromatic carbocycles. The van der Waals surface area contributed by atoms with E-state index in [1.807, 2.05) is 0 Å². The molecule has 1 rings (SSSR count). The van der Waals surface area contributed by atoms with Gasteiger partial charge in [0.05, 0.1) is 6.20 Å². The molecule has 1 aromatic rings. The molecule has 0 spiro atoms. The van der Waals surface area contributed by atoms with Crippen molar-refractivity contribution in [2.24, 2.45) is 11.7 Å². The summed E-state index contributed by atoms with van der Waals surface area (Å²) in [6, 6.07) is 0.0274. The number of nitrogens with two attached hydrogens (primary N) is 1. The number of aromatic nitrogens is 2. The predicted octanol–water partition coefficient (Wildman–Crippen LogP) is 0.641. The maximum absolute atomic E-state index is 11.6. The fourth-order valence-electron chi connectivity index (χ4n) is 1.31. The molecule has 1 heterocycles. The summed E-state index contributed by atoms with van der Waals surface area (Å²) in [5.74, 6) is 0.375. The maximum Gasteiger partial charge on any atom is 0.264 e. The van der Waals surface area contributed by atoms with Crippen molar-refractivity contribution in [3.63, 3.8) is 0 Å². The van der Waals surface area contributed by atoms with Crippen molar-refractivity contribution < 1.29 is 4.79 Å². The molecule has 1 unspecified atom stereocenters. The Balaban J connectivity index is 2.48. The number of nitrogens with zero attached hydrogens (tertiary/aromatic N) is 2. The minimum Gasteiger partial charge on any atom is -0.347 e. The highest BCUT2D eigenvalue weighted by molar-refractivity contribution is 7.07. The lowest BCUT2D eigenvalue weighted by molar-refractivity contribution is 0.0937. The van der Waals surface area contributed by atoms with Crippen LogP contribution >= 0.6 is 11.5 Å². The van der Waals surface area contributed by atoms with E-state index in [1.54, 1.807) is 0 Å². The zero-order chi connectivity index (χ0) is 11.3. The van der Waals surface area contributed by atoms with Gasteiger partial charge in [0, 0.05) is 12.6 Å². The van der Waals surface area contributed by atoms with Gasteiger partial charge in [-0.05, 0) is 23.9 Å². The third-order valence-corrected chi connectivity index (χ3v) is 2.62. The van der Waals surface area contributed by atoms with Crippen molar-refractivity contribution in [1.29, 1.82) is 0 Å². The van der Waals surface area contributed by atoms with Gasteiger partial charge in [0.1, 0.15) is 4.88 Å². The van der Waals surface area contributed by atoms with Crippen LogP contribution in [0.5, 0.6) is 0 Å². The lowest BCUT2D eigenvalue weighted by atomic mass is 10.0. The van der Waals surface area contributed by atoms with Crippen LogP contribution in [0.15, 0.2) is 6.20 Å². The van der Waals surface area contributed by atoms with Crippen molar-refractivity contribution in [3.8, 4) is 0 Å². The lowest BCUT2D eigenvalue weighted by Crippen LogP contribution is -2.40. The van der Waals surface area contributed by atoms with E-state index in [0.717, 1.165) is 18.0 Å². The van der Waals surface area contributed by atoms with E-state index < -0.39 is 0 Å². The monoisotopic (exact) mass is 228 g/mol. The molecule has 15 heavy (non-hydrogen) atoms. The molecule has 0 saturated heterocycles. The van der Waals surface area contributed by atoms with E-state index in [4.69, 9.17) is 5.73 Å². The summed E-state index contributed by atoms with van der Waals surface area (Å²) in [7, 11) is 0. The van der Waals surface area contributed by atoms with E-state index in [-0.39, 0.29) is 11.9 Å². The number of amides is 1. The standard InChI is InChI=1S/C9H16N4OS/c1-6(2)3-7(4-10)12-9(14)8-5-11-13-15-8/h5-7H,3-4,10H2,1-2H3,(H,12,14). The topological polar surface area (TPSA) is 80.9 Å². The lowest BCUT2D eigenvalue weighted by Gasteiger charge is -2.17. The minimum atomic E-state index is -0.138. The Morgan fingerprint density at radius 1 is 1.67 bits per heavy atom. The summed E-state index contributed by atoms with van der Waals surface area (Å²) in [5.41, 5.74) is 5.58. The van der Waals surface area contributed by atoms with E-state index in [9.17, 15) is 4.79 Å². The van der Waals surface area contributed by atoms with Gasteiger partial charge in [-0.15, -0.1) is 5.10 Å². The quantitative estimate of drug-likeness (QED) is 0.775. The van der Waals surface area contributed by atoms with Crippen molar-refractivity contribution in [2.45, 2.75) is 26.3 Å². The number of hydrogen-bond donors (Lipinski definition) is 2. The van der Waals surface area contributed by atoms with Crippen LogP contribution in [0.4, 0.5) is 0 Å².